The third-order valence-corrected chi connectivity index (χ3v) is 3.93. The Balaban J connectivity index is 2.40. The van der Waals surface area contributed by atoms with Gasteiger partial charge in [0.15, 0.2) is 5.82 Å². The monoisotopic (exact) mass is 270 g/mol. The molecule has 1 heterocycles. The molecule has 2 unspecified atom stereocenters. The number of rotatable bonds is 6. The maximum Gasteiger partial charge on any atom is 0.205 e. The second-order valence-electron chi connectivity index (χ2n) is 5.18. The molecule has 0 saturated carbocycles. The molecule has 1 aromatic heterocycles. The van der Waals surface area contributed by atoms with Crippen molar-refractivity contribution in [2.45, 2.75) is 39.7 Å². The summed E-state index contributed by atoms with van der Waals surface area (Å²) in [5.74, 6) is 0.875. The zero-order valence-electron chi connectivity index (χ0n) is 12.4. The molecule has 2 aromatic rings. The molecule has 0 saturated heterocycles. The van der Waals surface area contributed by atoms with Gasteiger partial charge in [0, 0.05) is 18.9 Å². The lowest BCUT2D eigenvalue weighted by Gasteiger charge is -2.22. The molecule has 106 valence electrons. The van der Waals surface area contributed by atoms with Crippen molar-refractivity contribution < 1.29 is 4.79 Å². The van der Waals surface area contributed by atoms with Crippen molar-refractivity contribution in [1.82, 2.24) is 9.55 Å². The van der Waals surface area contributed by atoms with Crippen LogP contribution in [0.4, 0.5) is 0 Å². The molecule has 1 aromatic carbocycles. The highest BCUT2D eigenvalue weighted by atomic mass is 16.1. The highest BCUT2D eigenvalue weighted by Gasteiger charge is 2.29. The van der Waals surface area contributed by atoms with Crippen LogP contribution in [0.2, 0.25) is 0 Å². The Morgan fingerprint density at radius 1 is 1.25 bits per heavy atom. The minimum absolute atomic E-state index is 0.117. The van der Waals surface area contributed by atoms with Gasteiger partial charge < -0.3 is 4.57 Å². The lowest BCUT2D eigenvalue weighted by molar-refractivity contribution is 0.0917. The summed E-state index contributed by atoms with van der Waals surface area (Å²) in [6.45, 7) is 7.05. The SMILES string of the molecule is CCC(C)C(C(=O)c1nccn1CC)c1ccccc1. The van der Waals surface area contributed by atoms with Crippen LogP contribution < -0.4 is 0 Å². The average Bonchev–Trinajstić information content (AvgIpc) is 2.96. The number of aryl methyl sites for hydroxylation is 1. The molecule has 0 amide bonds. The van der Waals surface area contributed by atoms with E-state index in [-0.39, 0.29) is 11.7 Å². The molecule has 0 spiro atoms. The maximum absolute atomic E-state index is 12.9. The van der Waals surface area contributed by atoms with E-state index >= 15 is 0 Å². The van der Waals surface area contributed by atoms with Gasteiger partial charge in [-0.25, -0.2) is 4.98 Å². The van der Waals surface area contributed by atoms with Gasteiger partial charge in [-0.15, -0.1) is 0 Å². The zero-order valence-corrected chi connectivity index (χ0v) is 12.4. The Hall–Kier alpha value is -1.90. The summed E-state index contributed by atoms with van der Waals surface area (Å²) < 4.78 is 1.92. The normalized spacial score (nSPS) is 13.9. The van der Waals surface area contributed by atoms with Crippen molar-refractivity contribution in [1.29, 1.82) is 0 Å². The van der Waals surface area contributed by atoms with Crippen molar-refractivity contribution >= 4 is 5.78 Å². The van der Waals surface area contributed by atoms with E-state index in [0.717, 1.165) is 18.5 Å². The van der Waals surface area contributed by atoms with Gasteiger partial charge in [0.2, 0.25) is 5.78 Å². The summed E-state index contributed by atoms with van der Waals surface area (Å²) in [7, 11) is 0. The van der Waals surface area contributed by atoms with Crippen LogP contribution in [0.3, 0.4) is 0 Å². The first-order chi connectivity index (χ1) is 9.69. The average molecular weight is 270 g/mol. The van der Waals surface area contributed by atoms with Crippen LogP contribution in [-0.2, 0) is 6.54 Å². The number of hydrogen-bond acceptors (Lipinski definition) is 2. The number of carbonyl (C=O) groups is 1. The third-order valence-electron chi connectivity index (χ3n) is 3.93. The van der Waals surface area contributed by atoms with Gasteiger partial charge in [0.25, 0.3) is 0 Å². The van der Waals surface area contributed by atoms with Gasteiger partial charge in [-0.05, 0) is 18.4 Å². The Labute approximate surface area is 120 Å². The van der Waals surface area contributed by atoms with Crippen molar-refractivity contribution in [3.63, 3.8) is 0 Å². The van der Waals surface area contributed by atoms with Gasteiger partial charge in [-0.2, -0.15) is 0 Å². The lowest BCUT2D eigenvalue weighted by Crippen LogP contribution is -2.23. The third kappa shape index (κ3) is 2.82. The molecular weight excluding hydrogens is 248 g/mol. The van der Waals surface area contributed by atoms with Gasteiger partial charge >= 0.3 is 0 Å². The molecule has 0 N–H and O–H groups in total. The predicted octanol–water partition coefficient (Wildman–Crippen LogP) is 3.92. The van der Waals surface area contributed by atoms with E-state index in [0.29, 0.717) is 11.7 Å². The summed E-state index contributed by atoms with van der Waals surface area (Å²) >= 11 is 0. The fraction of sp³-hybridized carbons (Fsp3) is 0.412. The molecule has 0 aliphatic heterocycles. The molecule has 0 bridgehead atoms. The summed E-state index contributed by atoms with van der Waals surface area (Å²) in [5, 5.41) is 0. The van der Waals surface area contributed by atoms with Gasteiger partial charge in [0.05, 0.1) is 5.92 Å². The van der Waals surface area contributed by atoms with Crippen LogP contribution in [0.15, 0.2) is 42.7 Å². The van der Waals surface area contributed by atoms with Crippen molar-refractivity contribution in [2.24, 2.45) is 5.92 Å². The Bertz CT molecular complexity index is 559. The van der Waals surface area contributed by atoms with Gasteiger partial charge in [-0.1, -0.05) is 50.6 Å². The van der Waals surface area contributed by atoms with Crippen LogP contribution in [0.5, 0.6) is 0 Å². The van der Waals surface area contributed by atoms with E-state index in [1.807, 2.05) is 48.0 Å². The second kappa shape index (κ2) is 6.51. The van der Waals surface area contributed by atoms with E-state index in [4.69, 9.17) is 0 Å². The molecule has 0 aliphatic carbocycles. The lowest BCUT2D eigenvalue weighted by atomic mass is 9.82. The number of carbonyl (C=O) groups excluding carboxylic acids is 1. The van der Waals surface area contributed by atoms with Crippen LogP contribution in [0.1, 0.15) is 49.3 Å². The first-order valence-electron chi connectivity index (χ1n) is 7.29. The van der Waals surface area contributed by atoms with Crippen molar-refractivity contribution in [2.75, 3.05) is 0 Å². The highest BCUT2D eigenvalue weighted by Crippen LogP contribution is 2.30. The fourth-order valence-electron chi connectivity index (χ4n) is 2.56. The largest absolute Gasteiger partial charge is 0.329 e. The first kappa shape index (κ1) is 14.5. The van der Waals surface area contributed by atoms with Crippen molar-refractivity contribution in [3.05, 3.63) is 54.1 Å². The maximum atomic E-state index is 12.9. The van der Waals surface area contributed by atoms with Crippen molar-refractivity contribution in [3.8, 4) is 0 Å². The highest BCUT2D eigenvalue weighted by molar-refractivity contribution is 5.98. The quantitative estimate of drug-likeness (QED) is 0.746. The number of ketones is 1. The predicted molar refractivity (Wildman–Crippen MR) is 80.9 cm³/mol. The Morgan fingerprint density at radius 2 is 1.95 bits per heavy atom. The molecule has 2 rings (SSSR count). The molecular formula is C17H22N2O. The standard InChI is InChI=1S/C17H22N2O/c1-4-13(3)15(14-9-7-6-8-10-14)16(20)17-18-11-12-19(17)5-2/h6-13,15H,4-5H2,1-3H3. The minimum atomic E-state index is -0.117. The number of aromatic nitrogens is 2. The number of benzene rings is 1. The van der Waals surface area contributed by atoms with Crippen LogP contribution in [0, 0.1) is 5.92 Å². The van der Waals surface area contributed by atoms with E-state index < -0.39 is 0 Å². The molecule has 0 radical (unpaired) electrons. The summed E-state index contributed by atoms with van der Waals surface area (Å²) in [6.07, 6.45) is 4.54. The number of hydrogen-bond donors (Lipinski definition) is 0. The van der Waals surface area contributed by atoms with E-state index in [1.54, 1.807) is 6.20 Å². The smallest absolute Gasteiger partial charge is 0.205 e. The molecule has 0 fully saturated rings. The summed E-state index contributed by atoms with van der Waals surface area (Å²) in [4.78, 5) is 17.2. The molecule has 2 atom stereocenters. The zero-order chi connectivity index (χ0) is 14.5. The molecule has 3 nitrogen and oxygen atoms in total. The summed E-state index contributed by atoms with van der Waals surface area (Å²) in [5.41, 5.74) is 1.08. The van der Waals surface area contributed by atoms with Crippen LogP contribution >= 0.6 is 0 Å². The van der Waals surface area contributed by atoms with Crippen LogP contribution in [0.25, 0.3) is 0 Å². The van der Waals surface area contributed by atoms with Crippen LogP contribution in [-0.4, -0.2) is 15.3 Å². The molecule has 3 heteroatoms. The van der Waals surface area contributed by atoms with E-state index in [1.165, 1.54) is 0 Å². The number of nitrogens with zero attached hydrogens (tertiary/aromatic N) is 2. The molecule has 0 aliphatic rings. The summed E-state index contributed by atoms with van der Waals surface area (Å²) in [6, 6.07) is 10.0. The first-order valence-corrected chi connectivity index (χ1v) is 7.29. The minimum Gasteiger partial charge on any atom is -0.329 e. The number of Topliss-reactive ketones (excluding diaryl/α,β-unsaturated/α-hetero) is 1. The topological polar surface area (TPSA) is 34.9 Å². The second-order valence-corrected chi connectivity index (χ2v) is 5.18. The van der Waals surface area contributed by atoms with Gasteiger partial charge in [0.1, 0.15) is 0 Å². The molecule has 20 heavy (non-hydrogen) atoms. The Kier molecular flexibility index (Phi) is 4.72. The Morgan fingerprint density at radius 3 is 2.55 bits per heavy atom. The number of imidazole rings is 1. The van der Waals surface area contributed by atoms with Gasteiger partial charge in [-0.3, -0.25) is 4.79 Å². The van der Waals surface area contributed by atoms with E-state index in [2.05, 4.69) is 18.8 Å². The fourth-order valence-corrected chi connectivity index (χ4v) is 2.56. The van der Waals surface area contributed by atoms with E-state index in [9.17, 15) is 4.79 Å².